The number of aromatic carboxylic acids is 1. The van der Waals surface area contributed by atoms with E-state index in [9.17, 15) is 18.0 Å². The number of nitrogens with zero attached hydrogens (tertiary/aromatic N) is 1. The lowest BCUT2D eigenvalue weighted by Crippen LogP contribution is -2.11. The summed E-state index contributed by atoms with van der Waals surface area (Å²) >= 11 is 0.604. The van der Waals surface area contributed by atoms with E-state index in [2.05, 4.69) is 4.98 Å². The molecule has 0 amide bonds. The summed E-state index contributed by atoms with van der Waals surface area (Å²) in [6.07, 6.45) is -2.79. The Bertz CT molecular complexity index is 387. The Kier molecular flexibility index (Phi) is 3.90. The van der Waals surface area contributed by atoms with Crippen molar-refractivity contribution in [3.8, 4) is 0 Å². The van der Waals surface area contributed by atoms with Gasteiger partial charge in [-0.05, 0) is 12.8 Å². The number of carboxylic acids is 1. The lowest BCUT2D eigenvalue weighted by Gasteiger charge is -2.02. The van der Waals surface area contributed by atoms with E-state index in [0.717, 1.165) is 6.42 Å². The van der Waals surface area contributed by atoms with Crippen molar-refractivity contribution in [2.24, 2.45) is 0 Å². The van der Waals surface area contributed by atoms with E-state index in [1.54, 1.807) is 0 Å². The minimum atomic E-state index is -4.70. The summed E-state index contributed by atoms with van der Waals surface area (Å²) in [5.74, 6) is -1.58. The maximum atomic E-state index is 12.4. The van der Waals surface area contributed by atoms with Crippen LogP contribution >= 0.6 is 11.3 Å². The number of thiazole rings is 1. The zero-order valence-electron chi connectivity index (χ0n) is 8.47. The van der Waals surface area contributed by atoms with Crippen LogP contribution in [0.3, 0.4) is 0 Å². The van der Waals surface area contributed by atoms with Gasteiger partial charge in [-0.1, -0.05) is 13.3 Å². The van der Waals surface area contributed by atoms with Gasteiger partial charge in [0, 0.05) is 0 Å². The molecule has 0 aromatic carbocycles. The normalized spacial score (nSPS) is 11.8. The molecule has 16 heavy (non-hydrogen) atoms. The van der Waals surface area contributed by atoms with Gasteiger partial charge in [0.05, 0.1) is 5.01 Å². The number of carboxylic acid groups (broad SMARTS) is 1. The third-order valence-electron chi connectivity index (χ3n) is 1.88. The highest BCUT2D eigenvalue weighted by molar-refractivity contribution is 7.13. The van der Waals surface area contributed by atoms with Gasteiger partial charge in [0.25, 0.3) is 0 Å². The Morgan fingerprint density at radius 3 is 2.50 bits per heavy atom. The van der Waals surface area contributed by atoms with Crippen LogP contribution in [0.2, 0.25) is 0 Å². The highest BCUT2D eigenvalue weighted by atomic mass is 32.1. The third-order valence-corrected chi connectivity index (χ3v) is 2.98. The monoisotopic (exact) mass is 253 g/mol. The highest BCUT2D eigenvalue weighted by Crippen LogP contribution is 2.34. The zero-order chi connectivity index (χ0) is 12.3. The lowest BCUT2D eigenvalue weighted by atomic mass is 10.2. The SMILES string of the molecule is CCCCc1nc(C(F)(F)F)c(C(=O)O)s1. The number of hydrogen-bond donors (Lipinski definition) is 1. The third kappa shape index (κ3) is 2.94. The van der Waals surface area contributed by atoms with Gasteiger partial charge in [-0.2, -0.15) is 13.2 Å². The van der Waals surface area contributed by atoms with Crippen molar-refractivity contribution >= 4 is 17.3 Å². The molecule has 1 aromatic rings. The number of alkyl halides is 3. The van der Waals surface area contributed by atoms with Crippen LogP contribution in [0.1, 0.15) is 40.1 Å². The maximum Gasteiger partial charge on any atom is 0.435 e. The number of aryl methyl sites for hydroxylation is 1. The molecule has 3 nitrogen and oxygen atoms in total. The first-order valence-corrected chi connectivity index (χ1v) is 5.48. The number of hydrogen-bond acceptors (Lipinski definition) is 3. The van der Waals surface area contributed by atoms with Gasteiger partial charge in [0.2, 0.25) is 0 Å². The molecule has 0 radical (unpaired) electrons. The Morgan fingerprint density at radius 2 is 2.12 bits per heavy atom. The fraction of sp³-hybridized carbons (Fsp3) is 0.556. The molecule has 1 N–H and O–H groups in total. The lowest BCUT2D eigenvalue weighted by molar-refractivity contribution is -0.141. The second-order valence-corrected chi connectivity index (χ2v) is 4.28. The first kappa shape index (κ1) is 13.0. The summed E-state index contributed by atoms with van der Waals surface area (Å²) < 4.78 is 37.3. The molecule has 1 heterocycles. The van der Waals surface area contributed by atoms with Crippen molar-refractivity contribution in [1.29, 1.82) is 0 Å². The summed E-state index contributed by atoms with van der Waals surface area (Å²) in [5, 5.41) is 8.87. The molecule has 0 aliphatic rings. The summed E-state index contributed by atoms with van der Waals surface area (Å²) in [7, 11) is 0. The largest absolute Gasteiger partial charge is 0.477 e. The van der Waals surface area contributed by atoms with Crippen LogP contribution in [0.4, 0.5) is 13.2 Å². The molecule has 0 bridgehead atoms. The van der Waals surface area contributed by atoms with Crippen LogP contribution in [0.25, 0.3) is 0 Å². The Labute approximate surface area is 93.9 Å². The van der Waals surface area contributed by atoms with Gasteiger partial charge in [0.1, 0.15) is 4.88 Å². The average Bonchev–Trinajstić information content (AvgIpc) is 2.58. The Hall–Kier alpha value is -1.11. The van der Waals surface area contributed by atoms with Crippen molar-refractivity contribution in [2.45, 2.75) is 32.4 Å². The van der Waals surface area contributed by atoms with Crippen molar-refractivity contribution in [3.05, 3.63) is 15.6 Å². The number of aromatic nitrogens is 1. The molecule has 0 fully saturated rings. The quantitative estimate of drug-likeness (QED) is 0.896. The molecule has 0 spiro atoms. The van der Waals surface area contributed by atoms with Crippen LogP contribution < -0.4 is 0 Å². The van der Waals surface area contributed by atoms with Gasteiger partial charge in [-0.3, -0.25) is 0 Å². The average molecular weight is 253 g/mol. The van der Waals surface area contributed by atoms with Crippen molar-refractivity contribution in [3.63, 3.8) is 0 Å². The van der Waals surface area contributed by atoms with Gasteiger partial charge >= 0.3 is 12.1 Å². The molecular formula is C9H10F3NO2S. The van der Waals surface area contributed by atoms with E-state index in [-0.39, 0.29) is 5.01 Å². The second-order valence-electron chi connectivity index (χ2n) is 3.19. The van der Waals surface area contributed by atoms with Gasteiger partial charge in [-0.15, -0.1) is 11.3 Å². The summed E-state index contributed by atoms with van der Waals surface area (Å²) in [4.78, 5) is 13.3. The molecular weight excluding hydrogens is 243 g/mol. The maximum absolute atomic E-state index is 12.4. The summed E-state index contributed by atoms with van der Waals surface area (Å²) in [6.45, 7) is 1.90. The van der Waals surface area contributed by atoms with E-state index < -0.39 is 22.7 Å². The molecule has 90 valence electrons. The van der Waals surface area contributed by atoms with Crippen LogP contribution in [0, 0.1) is 0 Å². The van der Waals surface area contributed by atoms with E-state index >= 15 is 0 Å². The molecule has 1 aromatic heterocycles. The predicted octanol–water partition coefficient (Wildman–Crippen LogP) is 3.20. The first-order valence-electron chi connectivity index (χ1n) is 4.66. The topological polar surface area (TPSA) is 50.2 Å². The second kappa shape index (κ2) is 4.82. The van der Waals surface area contributed by atoms with Crippen LogP contribution in [-0.2, 0) is 12.6 Å². The number of unbranched alkanes of at least 4 members (excludes halogenated alkanes) is 1. The molecule has 0 unspecified atom stereocenters. The predicted molar refractivity (Wildman–Crippen MR) is 52.7 cm³/mol. The van der Waals surface area contributed by atoms with E-state index in [0.29, 0.717) is 24.2 Å². The molecule has 0 aliphatic carbocycles. The van der Waals surface area contributed by atoms with Gasteiger partial charge < -0.3 is 5.11 Å². The summed E-state index contributed by atoms with van der Waals surface area (Å²) in [5.41, 5.74) is -1.28. The van der Waals surface area contributed by atoms with Crippen molar-refractivity contribution in [1.82, 2.24) is 4.98 Å². The fourth-order valence-electron chi connectivity index (χ4n) is 1.14. The first-order chi connectivity index (χ1) is 7.36. The number of rotatable bonds is 4. The van der Waals surface area contributed by atoms with Crippen LogP contribution in [0.5, 0.6) is 0 Å². The van der Waals surface area contributed by atoms with Gasteiger partial charge in [0.15, 0.2) is 5.69 Å². The smallest absolute Gasteiger partial charge is 0.435 e. The minimum Gasteiger partial charge on any atom is -0.477 e. The zero-order valence-corrected chi connectivity index (χ0v) is 9.28. The molecule has 0 saturated carbocycles. The van der Waals surface area contributed by atoms with E-state index in [4.69, 9.17) is 5.11 Å². The Balaban J connectivity index is 3.06. The Morgan fingerprint density at radius 1 is 1.50 bits per heavy atom. The van der Waals surface area contributed by atoms with E-state index in [1.807, 2.05) is 6.92 Å². The van der Waals surface area contributed by atoms with Crippen LogP contribution in [0.15, 0.2) is 0 Å². The molecule has 0 aliphatic heterocycles. The van der Waals surface area contributed by atoms with Crippen molar-refractivity contribution in [2.75, 3.05) is 0 Å². The van der Waals surface area contributed by atoms with Crippen molar-refractivity contribution < 1.29 is 23.1 Å². The minimum absolute atomic E-state index is 0.228. The standard InChI is InChI=1S/C9H10F3NO2S/c1-2-3-4-5-13-7(9(10,11)12)6(16-5)8(14)15/h2-4H2,1H3,(H,14,15). The van der Waals surface area contributed by atoms with E-state index in [1.165, 1.54) is 0 Å². The molecule has 7 heteroatoms. The molecule has 0 atom stereocenters. The molecule has 0 saturated heterocycles. The highest BCUT2D eigenvalue weighted by Gasteiger charge is 2.39. The fourth-order valence-corrected chi connectivity index (χ4v) is 2.10. The molecule has 1 rings (SSSR count). The number of carbonyl (C=O) groups is 1. The van der Waals surface area contributed by atoms with Gasteiger partial charge in [-0.25, -0.2) is 9.78 Å². The number of halogens is 3. The summed E-state index contributed by atoms with van der Waals surface area (Å²) in [6, 6.07) is 0. The van der Waals surface area contributed by atoms with Crippen LogP contribution in [-0.4, -0.2) is 16.1 Å².